The van der Waals surface area contributed by atoms with Crippen LogP contribution < -0.4 is 11.1 Å². The maximum atomic E-state index is 11.6. The van der Waals surface area contributed by atoms with Crippen LogP contribution >= 0.6 is 0 Å². The summed E-state index contributed by atoms with van der Waals surface area (Å²) in [6.07, 6.45) is 5.77. The molecule has 5 heteroatoms. The van der Waals surface area contributed by atoms with Crippen LogP contribution in [0.2, 0.25) is 0 Å². The average Bonchev–Trinajstić information content (AvgIpc) is 2.75. The van der Waals surface area contributed by atoms with E-state index in [1.165, 1.54) is 19.0 Å². The average molecular weight is 195 g/mol. The van der Waals surface area contributed by atoms with Gasteiger partial charge in [-0.25, -0.2) is 0 Å². The minimum atomic E-state index is -0.257. The molecular weight excluding hydrogens is 182 g/mol. The van der Waals surface area contributed by atoms with Crippen molar-refractivity contribution < 1.29 is 9.32 Å². The first-order valence-corrected chi connectivity index (χ1v) is 4.78. The second-order valence-corrected chi connectivity index (χ2v) is 3.57. The Balaban J connectivity index is 1.98. The number of nitrogen functional groups attached to an aromatic ring is 1. The van der Waals surface area contributed by atoms with Crippen LogP contribution in [-0.2, 0) is 0 Å². The van der Waals surface area contributed by atoms with E-state index in [9.17, 15) is 4.79 Å². The van der Waals surface area contributed by atoms with Gasteiger partial charge in [0, 0.05) is 6.04 Å². The molecule has 0 aromatic carbocycles. The topological polar surface area (TPSA) is 81.2 Å². The number of hydrogen-bond donors (Lipinski definition) is 2. The van der Waals surface area contributed by atoms with E-state index in [0.717, 1.165) is 12.8 Å². The van der Waals surface area contributed by atoms with Crippen molar-refractivity contribution >= 4 is 11.6 Å². The molecule has 1 aromatic heterocycles. The van der Waals surface area contributed by atoms with E-state index in [1.807, 2.05) is 0 Å². The van der Waals surface area contributed by atoms with Crippen LogP contribution in [0.3, 0.4) is 0 Å². The van der Waals surface area contributed by atoms with Crippen molar-refractivity contribution in [3.8, 4) is 0 Å². The minimum Gasteiger partial charge on any atom is -0.394 e. The van der Waals surface area contributed by atoms with Crippen LogP contribution in [0, 0.1) is 0 Å². The lowest BCUT2D eigenvalue weighted by Gasteiger charge is -2.09. The molecule has 14 heavy (non-hydrogen) atoms. The van der Waals surface area contributed by atoms with E-state index in [4.69, 9.17) is 10.3 Å². The smallest absolute Gasteiger partial charge is 0.292 e. The number of carbonyl (C=O) groups excluding carboxylic acids is 1. The number of anilines is 1. The predicted octanol–water partition coefficient (Wildman–Crippen LogP) is 0.929. The molecular formula is C9H13N3O2. The molecule has 0 unspecified atom stereocenters. The molecule has 3 N–H and O–H groups in total. The summed E-state index contributed by atoms with van der Waals surface area (Å²) in [4.78, 5) is 11.6. The summed E-state index contributed by atoms with van der Waals surface area (Å²) in [7, 11) is 0. The summed E-state index contributed by atoms with van der Waals surface area (Å²) in [5, 5.41) is 6.33. The largest absolute Gasteiger partial charge is 0.394 e. The Morgan fingerprint density at radius 2 is 2.29 bits per heavy atom. The molecule has 1 aliphatic rings. The Morgan fingerprint density at radius 3 is 2.86 bits per heavy atom. The van der Waals surface area contributed by atoms with Gasteiger partial charge in [-0.15, -0.1) is 0 Å². The van der Waals surface area contributed by atoms with E-state index >= 15 is 0 Å². The molecule has 5 nitrogen and oxygen atoms in total. The molecule has 76 valence electrons. The number of carbonyl (C=O) groups is 1. The van der Waals surface area contributed by atoms with Crippen molar-refractivity contribution in [1.82, 2.24) is 10.5 Å². The summed E-state index contributed by atoms with van der Waals surface area (Å²) in [5.74, 6) is -0.135. The molecule has 0 atom stereocenters. The quantitative estimate of drug-likeness (QED) is 0.735. The fourth-order valence-electron chi connectivity index (χ4n) is 1.74. The highest BCUT2D eigenvalue weighted by molar-refractivity contribution is 5.96. The van der Waals surface area contributed by atoms with Gasteiger partial charge in [0.1, 0.15) is 5.69 Å². The standard InChI is InChI=1S/C9H13N3O2/c10-7-5-11-14-8(7)9(13)12-6-3-1-2-4-6/h5-6H,1-4,10H2,(H,12,13). The van der Waals surface area contributed by atoms with Crippen LogP contribution in [0.5, 0.6) is 0 Å². The molecule has 2 rings (SSSR count). The molecule has 0 saturated heterocycles. The number of nitrogens with one attached hydrogen (secondary N) is 1. The Kier molecular flexibility index (Phi) is 2.39. The van der Waals surface area contributed by atoms with E-state index < -0.39 is 0 Å². The fourth-order valence-corrected chi connectivity index (χ4v) is 1.74. The van der Waals surface area contributed by atoms with Crippen LogP contribution in [0.1, 0.15) is 36.2 Å². The second kappa shape index (κ2) is 3.69. The van der Waals surface area contributed by atoms with Crippen molar-refractivity contribution in [2.24, 2.45) is 0 Å². The molecule has 1 aliphatic carbocycles. The fraction of sp³-hybridized carbons (Fsp3) is 0.556. The Hall–Kier alpha value is -1.52. The lowest BCUT2D eigenvalue weighted by atomic mass is 10.2. The van der Waals surface area contributed by atoms with Gasteiger partial charge in [0.15, 0.2) is 0 Å². The molecule has 1 aromatic rings. The predicted molar refractivity (Wildman–Crippen MR) is 50.6 cm³/mol. The summed E-state index contributed by atoms with van der Waals surface area (Å²) in [6, 6.07) is 0.270. The molecule has 0 radical (unpaired) electrons. The molecule has 0 aliphatic heterocycles. The summed E-state index contributed by atoms with van der Waals surface area (Å²) >= 11 is 0. The molecule has 1 heterocycles. The third kappa shape index (κ3) is 1.71. The Labute approximate surface area is 81.6 Å². The van der Waals surface area contributed by atoms with Gasteiger partial charge in [-0.2, -0.15) is 0 Å². The van der Waals surface area contributed by atoms with Crippen LogP contribution in [0.15, 0.2) is 10.7 Å². The van der Waals surface area contributed by atoms with Crippen LogP contribution in [0.4, 0.5) is 5.69 Å². The first-order chi connectivity index (χ1) is 6.77. The third-order valence-corrected chi connectivity index (χ3v) is 2.49. The SMILES string of the molecule is Nc1cnoc1C(=O)NC1CCCC1. The van der Waals surface area contributed by atoms with Crippen molar-refractivity contribution in [1.29, 1.82) is 0 Å². The number of nitrogens with zero attached hydrogens (tertiary/aromatic N) is 1. The first kappa shape index (κ1) is 9.05. The highest BCUT2D eigenvalue weighted by atomic mass is 16.5. The number of nitrogens with two attached hydrogens (primary N) is 1. The number of aromatic nitrogens is 1. The van der Waals surface area contributed by atoms with Crippen LogP contribution in [0.25, 0.3) is 0 Å². The van der Waals surface area contributed by atoms with Gasteiger partial charge in [-0.1, -0.05) is 18.0 Å². The number of rotatable bonds is 2. The maximum absolute atomic E-state index is 11.6. The van der Waals surface area contributed by atoms with E-state index in [1.54, 1.807) is 0 Å². The summed E-state index contributed by atoms with van der Waals surface area (Å²) in [5.41, 5.74) is 5.79. The lowest BCUT2D eigenvalue weighted by molar-refractivity contribution is 0.0902. The van der Waals surface area contributed by atoms with E-state index in [-0.39, 0.29) is 17.7 Å². The van der Waals surface area contributed by atoms with E-state index in [0.29, 0.717) is 5.69 Å². The maximum Gasteiger partial charge on any atom is 0.292 e. The second-order valence-electron chi connectivity index (χ2n) is 3.57. The molecule has 1 amide bonds. The zero-order valence-corrected chi connectivity index (χ0v) is 7.82. The van der Waals surface area contributed by atoms with Gasteiger partial charge in [0.25, 0.3) is 5.91 Å². The number of hydrogen-bond acceptors (Lipinski definition) is 4. The van der Waals surface area contributed by atoms with Gasteiger partial charge < -0.3 is 15.6 Å². The number of amides is 1. The molecule has 1 saturated carbocycles. The van der Waals surface area contributed by atoms with Crippen molar-refractivity contribution in [3.05, 3.63) is 12.0 Å². The van der Waals surface area contributed by atoms with Crippen molar-refractivity contribution in [2.45, 2.75) is 31.7 Å². The lowest BCUT2D eigenvalue weighted by Crippen LogP contribution is -2.32. The highest BCUT2D eigenvalue weighted by Crippen LogP contribution is 2.18. The van der Waals surface area contributed by atoms with Gasteiger partial charge in [0.2, 0.25) is 5.76 Å². The van der Waals surface area contributed by atoms with Crippen LogP contribution in [-0.4, -0.2) is 17.1 Å². The Bertz CT molecular complexity index is 329. The normalized spacial score (nSPS) is 17.1. The minimum absolute atomic E-state index is 0.122. The molecule has 1 fully saturated rings. The monoisotopic (exact) mass is 195 g/mol. The zero-order chi connectivity index (χ0) is 9.97. The third-order valence-electron chi connectivity index (χ3n) is 2.49. The van der Waals surface area contributed by atoms with Crippen molar-refractivity contribution in [3.63, 3.8) is 0 Å². The van der Waals surface area contributed by atoms with Gasteiger partial charge in [0.05, 0.1) is 6.20 Å². The molecule has 0 spiro atoms. The van der Waals surface area contributed by atoms with Gasteiger partial charge >= 0.3 is 0 Å². The summed E-state index contributed by atoms with van der Waals surface area (Å²) in [6.45, 7) is 0. The highest BCUT2D eigenvalue weighted by Gasteiger charge is 2.21. The van der Waals surface area contributed by atoms with E-state index in [2.05, 4.69) is 10.5 Å². The van der Waals surface area contributed by atoms with Crippen molar-refractivity contribution in [2.75, 3.05) is 5.73 Å². The first-order valence-electron chi connectivity index (χ1n) is 4.78. The summed E-state index contributed by atoms with van der Waals surface area (Å²) < 4.78 is 4.75. The molecule has 0 bridgehead atoms. The Morgan fingerprint density at radius 1 is 1.57 bits per heavy atom. The van der Waals surface area contributed by atoms with Gasteiger partial charge in [-0.05, 0) is 12.8 Å². The zero-order valence-electron chi connectivity index (χ0n) is 7.82. The van der Waals surface area contributed by atoms with Gasteiger partial charge in [-0.3, -0.25) is 4.79 Å².